The van der Waals surface area contributed by atoms with E-state index in [9.17, 15) is 0 Å². The van der Waals surface area contributed by atoms with Crippen molar-refractivity contribution in [3.05, 3.63) is 28.5 Å². The van der Waals surface area contributed by atoms with Gasteiger partial charge in [0.05, 0.1) is 11.0 Å². The molecule has 20 heavy (non-hydrogen) atoms. The number of aromatic nitrogens is 2. The van der Waals surface area contributed by atoms with E-state index in [0.717, 1.165) is 35.3 Å². The topological polar surface area (TPSA) is 21.1 Å². The first-order valence-corrected chi connectivity index (χ1v) is 8.42. The molecule has 1 saturated heterocycles. The Labute approximate surface area is 133 Å². The average molecular weight is 357 g/mol. The Morgan fingerprint density at radius 3 is 2.80 bits per heavy atom. The minimum absolute atomic E-state index is 0.551. The second-order valence-electron chi connectivity index (χ2n) is 5.50. The van der Waals surface area contributed by atoms with Crippen LogP contribution >= 0.6 is 27.5 Å². The Balaban J connectivity index is 2.04. The van der Waals surface area contributed by atoms with Gasteiger partial charge in [0.25, 0.3) is 0 Å². The van der Waals surface area contributed by atoms with E-state index in [1.165, 1.54) is 18.4 Å². The number of imidazole rings is 1. The molecule has 1 aliphatic rings. The number of hydrogen-bond donors (Lipinski definition) is 0. The first-order valence-electron chi connectivity index (χ1n) is 7.10. The fraction of sp³-hybridized carbons (Fsp3) is 0.533. The van der Waals surface area contributed by atoms with E-state index in [2.05, 4.69) is 50.6 Å². The van der Waals surface area contributed by atoms with Crippen molar-refractivity contribution in [1.29, 1.82) is 0 Å². The summed E-state index contributed by atoms with van der Waals surface area (Å²) in [7, 11) is 2.19. The van der Waals surface area contributed by atoms with Crippen LogP contribution in [0.4, 0.5) is 0 Å². The number of benzene rings is 1. The number of likely N-dealkylation sites (tertiary alicyclic amines) is 1. The standard InChI is InChI=1S/C15H19BrClN3/c1-19-8-5-12(6-9-19)20-14-3-2-11(16)10-13(14)18-15(20)4-7-17/h2-3,10,12H,4-9H2,1H3. The van der Waals surface area contributed by atoms with Gasteiger partial charge in [0.2, 0.25) is 0 Å². The van der Waals surface area contributed by atoms with E-state index in [4.69, 9.17) is 16.6 Å². The third-order valence-corrected chi connectivity index (χ3v) is 4.78. The number of halogens is 2. The Kier molecular flexibility index (Phi) is 4.34. The molecule has 0 bridgehead atoms. The summed E-state index contributed by atoms with van der Waals surface area (Å²) < 4.78 is 3.51. The average Bonchev–Trinajstić information content (AvgIpc) is 2.77. The van der Waals surface area contributed by atoms with Gasteiger partial charge >= 0.3 is 0 Å². The molecule has 0 aliphatic carbocycles. The normalized spacial score (nSPS) is 17.9. The summed E-state index contributed by atoms with van der Waals surface area (Å²) in [6, 6.07) is 6.91. The molecule has 3 nitrogen and oxygen atoms in total. The van der Waals surface area contributed by atoms with Gasteiger partial charge < -0.3 is 9.47 Å². The van der Waals surface area contributed by atoms with E-state index < -0.39 is 0 Å². The van der Waals surface area contributed by atoms with Crippen molar-refractivity contribution < 1.29 is 0 Å². The minimum Gasteiger partial charge on any atom is -0.325 e. The van der Waals surface area contributed by atoms with Gasteiger partial charge in [0.15, 0.2) is 0 Å². The Morgan fingerprint density at radius 1 is 1.35 bits per heavy atom. The predicted molar refractivity (Wildman–Crippen MR) is 87.6 cm³/mol. The highest BCUT2D eigenvalue weighted by Crippen LogP contribution is 2.30. The molecule has 0 radical (unpaired) electrons. The summed E-state index contributed by atoms with van der Waals surface area (Å²) in [4.78, 5) is 7.19. The molecule has 1 fully saturated rings. The van der Waals surface area contributed by atoms with Gasteiger partial charge in [0.1, 0.15) is 5.82 Å². The van der Waals surface area contributed by atoms with Crippen LogP contribution in [0.2, 0.25) is 0 Å². The lowest BCUT2D eigenvalue weighted by Gasteiger charge is -2.31. The molecule has 0 spiro atoms. The third-order valence-electron chi connectivity index (χ3n) is 4.10. The van der Waals surface area contributed by atoms with Crippen molar-refractivity contribution in [2.75, 3.05) is 26.0 Å². The van der Waals surface area contributed by atoms with E-state index in [0.29, 0.717) is 11.9 Å². The van der Waals surface area contributed by atoms with Crippen LogP contribution in [0, 0.1) is 0 Å². The molecule has 1 aromatic carbocycles. The number of piperidine rings is 1. The second kappa shape index (κ2) is 6.04. The lowest BCUT2D eigenvalue weighted by Crippen LogP contribution is -2.32. The first-order chi connectivity index (χ1) is 9.69. The van der Waals surface area contributed by atoms with Gasteiger partial charge in [0, 0.05) is 22.8 Å². The van der Waals surface area contributed by atoms with Crippen molar-refractivity contribution in [3.8, 4) is 0 Å². The SMILES string of the molecule is CN1CCC(n2c(CCCl)nc3cc(Br)ccc32)CC1. The van der Waals surface area contributed by atoms with Crippen LogP contribution in [0.15, 0.2) is 22.7 Å². The van der Waals surface area contributed by atoms with E-state index >= 15 is 0 Å². The van der Waals surface area contributed by atoms with Crippen LogP contribution < -0.4 is 0 Å². The highest BCUT2D eigenvalue weighted by molar-refractivity contribution is 9.10. The molecule has 1 aromatic heterocycles. The smallest absolute Gasteiger partial charge is 0.111 e. The Morgan fingerprint density at radius 2 is 2.10 bits per heavy atom. The molecule has 5 heteroatoms. The molecule has 108 valence electrons. The molecule has 2 aromatic rings. The highest BCUT2D eigenvalue weighted by Gasteiger charge is 2.22. The van der Waals surface area contributed by atoms with Crippen LogP contribution in [0.25, 0.3) is 11.0 Å². The number of nitrogens with zero attached hydrogens (tertiary/aromatic N) is 3. The molecule has 1 aliphatic heterocycles. The summed E-state index contributed by atoms with van der Waals surface area (Å²) in [5.74, 6) is 1.75. The molecule has 2 heterocycles. The highest BCUT2D eigenvalue weighted by atomic mass is 79.9. The number of aryl methyl sites for hydroxylation is 1. The summed E-state index contributed by atoms with van der Waals surface area (Å²) in [6.45, 7) is 2.31. The lowest BCUT2D eigenvalue weighted by molar-refractivity contribution is 0.221. The van der Waals surface area contributed by atoms with Gasteiger partial charge in [-0.25, -0.2) is 4.98 Å². The van der Waals surface area contributed by atoms with Crippen molar-refractivity contribution in [2.45, 2.75) is 25.3 Å². The van der Waals surface area contributed by atoms with E-state index in [1.54, 1.807) is 0 Å². The minimum atomic E-state index is 0.551. The summed E-state index contributed by atoms with van der Waals surface area (Å²) in [6.07, 6.45) is 3.21. The first kappa shape index (κ1) is 14.4. The van der Waals surface area contributed by atoms with E-state index in [1.807, 2.05) is 0 Å². The Bertz CT molecular complexity index is 602. The summed E-state index contributed by atoms with van der Waals surface area (Å²) in [5, 5.41) is 0. The van der Waals surface area contributed by atoms with Gasteiger partial charge in [-0.2, -0.15) is 0 Å². The van der Waals surface area contributed by atoms with Crippen molar-refractivity contribution in [1.82, 2.24) is 14.5 Å². The van der Waals surface area contributed by atoms with Gasteiger partial charge in [-0.1, -0.05) is 15.9 Å². The van der Waals surface area contributed by atoms with E-state index in [-0.39, 0.29) is 0 Å². The summed E-state index contributed by atoms with van der Waals surface area (Å²) in [5.41, 5.74) is 2.31. The summed E-state index contributed by atoms with van der Waals surface area (Å²) >= 11 is 9.49. The number of rotatable bonds is 3. The van der Waals surface area contributed by atoms with Crippen molar-refractivity contribution in [3.63, 3.8) is 0 Å². The number of fused-ring (bicyclic) bond motifs is 1. The van der Waals surface area contributed by atoms with Crippen LogP contribution in [-0.2, 0) is 6.42 Å². The Hall–Kier alpha value is -0.580. The second-order valence-corrected chi connectivity index (χ2v) is 6.80. The molecular weight excluding hydrogens is 338 g/mol. The molecule has 3 rings (SSSR count). The zero-order valence-electron chi connectivity index (χ0n) is 11.6. The van der Waals surface area contributed by atoms with Gasteiger partial charge in [-0.15, -0.1) is 11.6 Å². The number of alkyl halides is 1. The largest absolute Gasteiger partial charge is 0.325 e. The molecule has 0 unspecified atom stereocenters. The molecule has 0 N–H and O–H groups in total. The fourth-order valence-corrected chi connectivity index (χ4v) is 3.56. The number of hydrogen-bond acceptors (Lipinski definition) is 2. The van der Waals surface area contributed by atoms with Crippen LogP contribution in [0.3, 0.4) is 0 Å². The lowest BCUT2D eigenvalue weighted by atomic mass is 10.0. The molecule has 0 amide bonds. The van der Waals surface area contributed by atoms with Crippen LogP contribution in [0.5, 0.6) is 0 Å². The molecule has 0 atom stereocenters. The molecule has 0 saturated carbocycles. The van der Waals surface area contributed by atoms with Gasteiger partial charge in [-0.3, -0.25) is 0 Å². The van der Waals surface area contributed by atoms with Gasteiger partial charge in [-0.05, 0) is 51.2 Å². The monoisotopic (exact) mass is 355 g/mol. The van der Waals surface area contributed by atoms with Crippen LogP contribution in [0.1, 0.15) is 24.7 Å². The maximum Gasteiger partial charge on any atom is 0.111 e. The predicted octanol–water partition coefficient (Wildman–Crippen LogP) is 3.85. The fourth-order valence-electron chi connectivity index (χ4n) is 3.04. The third kappa shape index (κ3) is 2.74. The van der Waals surface area contributed by atoms with Crippen LogP contribution in [-0.4, -0.2) is 40.5 Å². The zero-order chi connectivity index (χ0) is 14.1. The maximum atomic E-state index is 5.96. The van der Waals surface area contributed by atoms with Crippen molar-refractivity contribution >= 4 is 38.6 Å². The zero-order valence-corrected chi connectivity index (χ0v) is 14.0. The maximum absolute atomic E-state index is 5.96. The molecular formula is C15H19BrClN3. The quantitative estimate of drug-likeness (QED) is 0.779. The van der Waals surface area contributed by atoms with Crippen molar-refractivity contribution in [2.24, 2.45) is 0 Å².